The Morgan fingerprint density at radius 3 is 2.20 bits per heavy atom. The Morgan fingerprint density at radius 1 is 0.778 bits per heavy atom. The molecule has 0 bridgehead atoms. The van der Waals surface area contributed by atoms with Crippen LogP contribution in [0, 0.1) is 12.3 Å². The maximum Gasteiger partial charge on any atom is 0.335 e. The first-order chi connectivity index (χ1) is 21.3. The topological polar surface area (TPSA) is 57.5 Å². The third-order valence-electron chi connectivity index (χ3n) is 10.1. The first kappa shape index (κ1) is 29.3. The predicted molar refractivity (Wildman–Crippen MR) is 186 cm³/mol. The lowest BCUT2D eigenvalue weighted by Crippen LogP contribution is -2.28. The number of aliphatic hydroxyl groups is 1. The Kier molecular flexibility index (Phi) is 6.51. The van der Waals surface area contributed by atoms with Crippen molar-refractivity contribution in [1.82, 2.24) is 0 Å². The molecule has 2 aliphatic rings. The van der Waals surface area contributed by atoms with Crippen LogP contribution in [0.4, 0.5) is 0 Å². The Morgan fingerprint density at radius 2 is 1.47 bits per heavy atom. The number of carboxylic acid groups (broad SMARTS) is 1. The molecule has 0 spiro atoms. The molecule has 0 saturated carbocycles. The van der Waals surface area contributed by atoms with E-state index in [4.69, 9.17) is 0 Å². The Hall–Kier alpha value is -4.47. The van der Waals surface area contributed by atoms with Gasteiger partial charge >= 0.3 is 5.97 Å². The highest BCUT2D eigenvalue weighted by molar-refractivity contribution is 6.00. The maximum absolute atomic E-state index is 12.3. The van der Waals surface area contributed by atoms with Crippen molar-refractivity contribution in [3.8, 4) is 11.1 Å². The summed E-state index contributed by atoms with van der Waals surface area (Å²) in [6, 6.07) is 28.2. The van der Waals surface area contributed by atoms with Crippen molar-refractivity contribution < 1.29 is 15.0 Å². The fraction of sp³-hybridized carbons (Fsp3) is 0.262. The van der Waals surface area contributed by atoms with E-state index in [0.29, 0.717) is 5.56 Å². The second-order valence-electron chi connectivity index (χ2n) is 14.6. The van der Waals surface area contributed by atoms with Crippen molar-refractivity contribution in [3.05, 3.63) is 136 Å². The third kappa shape index (κ3) is 4.73. The molecule has 0 heterocycles. The first-order valence-electron chi connectivity index (χ1n) is 15.9. The van der Waals surface area contributed by atoms with Crippen molar-refractivity contribution in [2.24, 2.45) is 5.41 Å². The molecular formula is C42H40O3. The number of aryl methyl sites for hydroxylation is 1. The standard InChI is InChI=1S/C42H40O3/c1-25-21-36-28(14-18-33-31-19-20-40(2,3)23-29(31)24-41(4,5)37(33)36)22-35(25)34-17-13-26-9-7-8-10-32(26)38(34)42(6,45)30-15-11-27(12-16-30)39(43)44/h7-22,45H,23-24H2,1-6H3,(H,43,44). The van der Waals surface area contributed by atoms with Gasteiger partial charge in [0.25, 0.3) is 0 Å². The van der Waals surface area contributed by atoms with Crippen LogP contribution < -0.4 is 0 Å². The highest BCUT2D eigenvalue weighted by Gasteiger charge is 2.37. The number of fused-ring (bicyclic) bond motifs is 5. The monoisotopic (exact) mass is 592 g/mol. The summed E-state index contributed by atoms with van der Waals surface area (Å²) in [5, 5.41) is 26.3. The van der Waals surface area contributed by atoms with Gasteiger partial charge in [0.2, 0.25) is 0 Å². The van der Waals surface area contributed by atoms with E-state index in [1.165, 1.54) is 27.5 Å². The zero-order chi connectivity index (χ0) is 31.9. The predicted octanol–water partition coefficient (Wildman–Crippen LogP) is 10.3. The second kappa shape index (κ2) is 10.0. The van der Waals surface area contributed by atoms with E-state index in [2.05, 4.69) is 95.3 Å². The fourth-order valence-corrected chi connectivity index (χ4v) is 8.02. The van der Waals surface area contributed by atoms with Gasteiger partial charge in [-0.15, -0.1) is 0 Å². The van der Waals surface area contributed by atoms with Gasteiger partial charge in [0.1, 0.15) is 5.60 Å². The molecule has 3 nitrogen and oxygen atoms in total. The van der Waals surface area contributed by atoms with E-state index in [1.54, 1.807) is 29.8 Å². The van der Waals surface area contributed by atoms with Gasteiger partial charge in [-0.3, -0.25) is 0 Å². The largest absolute Gasteiger partial charge is 0.478 e. The summed E-state index contributed by atoms with van der Waals surface area (Å²) in [4.78, 5) is 11.5. The minimum absolute atomic E-state index is 0.00277. The number of allylic oxidation sites excluding steroid dienone is 4. The van der Waals surface area contributed by atoms with Crippen LogP contribution in [0.15, 0.2) is 103 Å². The SMILES string of the molecule is Cc1cc2c3c(ccc2cc1-c1ccc2ccccc2c1C(C)(O)c1ccc(C(=O)O)cc1)C1=C(CC(C)(C)C=C1)CC3(C)C. The summed E-state index contributed by atoms with van der Waals surface area (Å²) in [7, 11) is 0. The Labute approximate surface area is 265 Å². The minimum Gasteiger partial charge on any atom is -0.478 e. The van der Waals surface area contributed by atoms with Crippen LogP contribution in [0.3, 0.4) is 0 Å². The highest BCUT2D eigenvalue weighted by Crippen LogP contribution is 2.52. The number of rotatable bonds is 4. The Bertz CT molecular complexity index is 2100. The minimum atomic E-state index is -1.38. The molecule has 0 aliphatic heterocycles. The average molecular weight is 593 g/mol. The van der Waals surface area contributed by atoms with E-state index >= 15 is 0 Å². The fourth-order valence-electron chi connectivity index (χ4n) is 8.02. The van der Waals surface area contributed by atoms with Crippen molar-refractivity contribution in [3.63, 3.8) is 0 Å². The van der Waals surface area contributed by atoms with Crippen molar-refractivity contribution in [2.45, 2.75) is 65.4 Å². The molecule has 45 heavy (non-hydrogen) atoms. The van der Waals surface area contributed by atoms with Crippen LogP contribution >= 0.6 is 0 Å². The van der Waals surface area contributed by atoms with Crippen LogP contribution in [0.5, 0.6) is 0 Å². The van der Waals surface area contributed by atoms with Crippen LogP contribution in [0.1, 0.15) is 85.6 Å². The first-order valence-corrected chi connectivity index (χ1v) is 15.9. The normalized spacial score (nSPS) is 18.0. The Balaban J connectivity index is 1.44. The summed E-state index contributed by atoms with van der Waals surface area (Å²) in [6.07, 6.45) is 6.88. The van der Waals surface area contributed by atoms with Gasteiger partial charge in [0.05, 0.1) is 5.56 Å². The molecular weight excluding hydrogens is 552 g/mol. The number of hydrogen-bond donors (Lipinski definition) is 2. The summed E-state index contributed by atoms with van der Waals surface area (Å²) in [5.74, 6) is -0.986. The zero-order valence-electron chi connectivity index (χ0n) is 27.0. The number of carboxylic acids is 1. The number of hydrogen-bond acceptors (Lipinski definition) is 2. The third-order valence-corrected chi connectivity index (χ3v) is 10.1. The lowest BCUT2D eigenvalue weighted by Gasteiger charge is -2.40. The van der Waals surface area contributed by atoms with Crippen LogP contribution in [0.2, 0.25) is 0 Å². The summed E-state index contributed by atoms with van der Waals surface area (Å²) >= 11 is 0. The van der Waals surface area contributed by atoms with Crippen LogP contribution in [-0.4, -0.2) is 16.2 Å². The molecule has 0 fully saturated rings. The van der Waals surface area contributed by atoms with Gasteiger partial charge in [0, 0.05) is 5.56 Å². The molecule has 5 aromatic rings. The van der Waals surface area contributed by atoms with Gasteiger partial charge in [0.15, 0.2) is 0 Å². The molecule has 0 aromatic heterocycles. The van der Waals surface area contributed by atoms with E-state index in [-0.39, 0.29) is 16.4 Å². The number of carbonyl (C=O) groups is 1. The lowest BCUT2D eigenvalue weighted by atomic mass is 9.64. The summed E-state index contributed by atoms with van der Waals surface area (Å²) < 4.78 is 0. The average Bonchev–Trinajstić information content (AvgIpc) is 2.99. The molecule has 7 rings (SSSR count). The van der Waals surface area contributed by atoms with E-state index in [9.17, 15) is 15.0 Å². The van der Waals surface area contributed by atoms with Crippen molar-refractivity contribution >= 4 is 33.1 Å². The van der Waals surface area contributed by atoms with Gasteiger partial charge in [-0.2, -0.15) is 0 Å². The van der Waals surface area contributed by atoms with Gasteiger partial charge in [-0.25, -0.2) is 4.79 Å². The number of benzene rings is 5. The van der Waals surface area contributed by atoms with Gasteiger partial charge in [-0.1, -0.05) is 112 Å². The molecule has 0 radical (unpaired) electrons. The molecule has 1 atom stereocenters. The number of aromatic carboxylic acids is 1. The molecule has 2 N–H and O–H groups in total. The van der Waals surface area contributed by atoms with Crippen molar-refractivity contribution in [1.29, 1.82) is 0 Å². The van der Waals surface area contributed by atoms with Gasteiger partial charge in [-0.05, 0) is 116 Å². The lowest BCUT2D eigenvalue weighted by molar-refractivity contribution is 0.0695. The van der Waals surface area contributed by atoms with Crippen LogP contribution in [-0.2, 0) is 11.0 Å². The van der Waals surface area contributed by atoms with E-state index in [1.807, 2.05) is 19.1 Å². The zero-order valence-corrected chi connectivity index (χ0v) is 27.0. The van der Waals surface area contributed by atoms with E-state index < -0.39 is 11.6 Å². The molecule has 3 heteroatoms. The smallest absolute Gasteiger partial charge is 0.335 e. The molecule has 1 unspecified atom stereocenters. The molecule has 0 amide bonds. The molecule has 2 aliphatic carbocycles. The molecule has 226 valence electrons. The quantitative estimate of drug-likeness (QED) is 0.218. The van der Waals surface area contributed by atoms with Gasteiger partial charge < -0.3 is 10.2 Å². The summed E-state index contributed by atoms with van der Waals surface area (Å²) in [5.41, 5.74) is 9.40. The second-order valence-corrected chi connectivity index (χ2v) is 14.6. The van der Waals surface area contributed by atoms with E-state index in [0.717, 1.165) is 45.9 Å². The highest BCUT2D eigenvalue weighted by atomic mass is 16.4. The molecule has 5 aromatic carbocycles. The maximum atomic E-state index is 12.3. The molecule has 0 saturated heterocycles. The van der Waals surface area contributed by atoms with Crippen LogP contribution in [0.25, 0.3) is 38.2 Å². The van der Waals surface area contributed by atoms with Crippen molar-refractivity contribution in [2.75, 3.05) is 0 Å². The summed E-state index contributed by atoms with van der Waals surface area (Å²) in [6.45, 7) is 13.4.